The summed E-state index contributed by atoms with van der Waals surface area (Å²) in [6.45, 7) is 3.10. The lowest BCUT2D eigenvalue weighted by atomic mass is 10.1. The third kappa shape index (κ3) is 1.99. The second kappa shape index (κ2) is 3.77. The van der Waals surface area contributed by atoms with E-state index in [0.717, 1.165) is 25.3 Å². The fourth-order valence-corrected chi connectivity index (χ4v) is 1.62. The van der Waals surface area contributed by atoms with E-state index < -0.39 is 0 Å². The van der Waals surface area contributed by atoms with Crippen molar-refractivity contribution in [3.63, 3.8) is 0 Å². The normalized spacial score (nSPS) is 22.9. The molecule has 0 aromatic heterocycles. The molecule has 0 radical (unpaired) electrons. The summed E-state index contributed by atoms with van der Waals surface area (Å²) in [4.78, 5) is 0. The maximum Gasteiger partial charge on any atom is 0.0447 e. The van der Waals surface area contributed by atoms with Crippen molar-refractivity contribution in [2.45, 2.75) is 6.04 Å². The Morgan fingerprint density at radius 1 is 1.15 bits per heavy atom. The quantitative estimate of drug-likeness (QED) is 0.548. The molecule has 2 rings (SSSR count). The average Bonchev–Trinajstić information content (AvgIpc) is 2.20. The molecule has 0 aliphatic carbocycles. The standard InChI is InChI=1S/C10H15N3/c11-9-3-1-8(2-4-9)10-7-12-5-6-13-10/h1-4,10,12-13H,5-7,11H2. The highest BCUT2D eigenvalue weighted by Crippen LogP contribution is 2.14. The Bertz CT molecular complexity index is 262. The number of benzene rings is 1. The summed E-state index contributed by atoms with van der Waals surface area (Å²) in [6, 6.07) is 8.51. The van der Waals surface area contributed by atoms with Crippen molar-refractivity contribution >= 4 is 5.69 Å². The third-order valence-electron chi connectivity index (χ3n) is 2.38. The van der Waals surface area contributed by atoms with Crippen LogP contribution in [0.5, 0.6) is 0 Å². The number of anilines is 1. The molecule has 0 bridgehead atoms. The number of nitrogens with one attached hydrogen (secondary N) is 2. The van der Waals surface area contributed by atoms with Gasteiger partial charge >= 0.3 is 0 Å². The Hall–Kier alpha value is -1.06. The fraction of sp³-hybridized carbons (Fsp3) is 0.400. The minimum atomic E-state index is 0.439. The molecule has 1 heterocycles. The molecule has 3 heteroatoms. The van der Waals surface area contributed by atoms with Crippen molar-refractivity contribution in [2.75, 3.05) is 25.4 Å². The number of hydrogen-bond acceptors (Lipinski definition) is 3. The minimum absolute atomic E-state index is 0.439. The van der Waals surface area contributed by atoms with Crippen LogP contribution < -0.4 is 16.4 Å². The highest BCUT2D eigenvalue weighted by molar-refractivity contribution is 5.40. The van der Waals surface area contributed by atoms with Gasteiger partial charge < -0.3 is 16.4 Å². The van der Waals surface area contributed by atoms with E-state index in [1.165, 1.54) is 5.56 Å². The molecule has 0 amide bonds. The van der Waals surface area contributed by atoms with Crippen molar-refractivity contribution in [1.82, 2.24) is 10.6 Å². The van der Waals surface area contributed by atoms with Gasteiger partial charge in [0.25, 0.3) is 0 Å². The van der Waals surface area contributed by atoms with Gasteiger partial charge in [-0.1, -0.05) is 12.1 Å². The summed E-state index contributed by atoms with van der Waals surface area (Å²) in [5.41, 5.74) is 7.75. The van der Waals surface area contributed by atoms with Gasteiger partial charge in [-0.05, 0) is 17.7 Å². The molecule has 1 aliphatic rings. The Kier molecular flexibility index (Phi) is 2.47. The van der Waals surface area contributed by atoms with Crippen molar-refractivity contribution < 1.29 is 0 Å². The Morgan fingerprint density at radius 2 is 1.92 bits per heavy atom. The maximum absolute atomic E-state index is 5.62. The van der Waals surface area contributed by atoms with E-state index in [-0.39, 0.29) is 0 Å². The summed E-state index contributed by atoms with van der Waals surface area (Å²) in [5.74, 6) is 0. The van der Waals surface area contributed by atoms with Gasteiger partial charge in [-0.15, -0.1) is 0 Å². The largest absolute Gasteiger partial charge is 0.399 e. The average molecular weight is 177 g/mol. The van der Waals surface area contributed by atoms with Crippen LogP contribution in [0.1, 0.15) is 11.6 Å². The zero-order valence-electron chi connectivity index (χ0n) is 7.59. The predicted octanol–water partition coefficient (Wildman–Crippen LogP) is 0.503. The summed E-state index contributed by atoms with van der Waals surface area (Å²) < 4.78 is 0. The van der Waals surface area contributed by atoms with Crippen molar-refractivity contribution in [3.8, 4) is 0 Å². The molecule has 1 unspecified atom stereocenters. The molecule has 70 valence electrons. The minimum Gasteiger partial charge on any atom is -0.399 e. The van der Waals surface area contributed by atoms with Gasteiger partial charge in [0.2, 0.25) is 0 Å². The molecular weight excluding hydrogens is 162 g/mol. The van der Waals surface area contributed by atoms with Crippen LogP contribution in [-0.2, 0) is 0 Å². The molecular formula is C10H15N3. The molecule has 4 N–H and O–H groups in total. The van der Waals surface area contributed by atoms with E-state index >= 15 is 0 Å². The molecule has 1 aromatic carbocycles. The van der Waals surface area contributed by atoms with Crippen LogP contribution >= 0.6 is 0 Å². The molecule has 1 aliphatic heterocycles. The molecule has 13 heavy (non-hydrogen) atoms. The lowest BCUT2D eigenvalue weighted by Crippen LogP contribution is -2.42. The second-order valence-corrected chi connectivity index (χ2v) is 3.38. The van der Waals surface area contributed by atoms with Crippen LogP contribution in [0.25, 0.3) is 0 Å². The Balaban J connectivity index is 2.10. The van der Waals surface area contributed by atoms with Gasteiger partial charge in [0.05, 0.1) is 0 Å². The van der Waals surface area contributed by atoms with E-state index in [2.05, 4.69) is 22.8 Å². The molecule has 1 saturated heterocycles. The fourth-order valence-electron chi connectivity index (χ4n) is 1.62. The zero-order chi connectivity index (χ0) is 9.10. The second-order valence-electron chi connectivity index (χ2n) is 3.38. The van der Waals surface area contributed by atoms with E-state index in [1.807, 2.05) is 12.1 Å². The first-order valence-electron chi connectivity index (χ1n) is 4.66. The van der Waals surface area contributed by atoms with Gasteiger partial charge in [-0.2, -0.15) is 0 Å². The van der Waals surface area contributed by atoms with E-state index in [1.54, 1.807) is 0 Å². The number of hydrogen-bond donors (Lipinski definition) is 3. The molecule has 0 saturated carbocycles. The highest BCUT2D eigenvalue weighted by Gasteiger charge is 2.13. The first-order chi connectivity index (χ1) is 6.36. The van der Waals surface area contributed by atoms with Crippen LogP contribution in [0.15, 0.2) is 24.3 Å². The first-order valence-corrected chi connectivity index (χ1v) is 4.66. The van der Waals surface area contributed by atoms with E-state index in [9.17, 15) is 0 Å². The van der Waals surface area contributed by atoms with Crippen LogP contribution in [0, 0.1) is 0 Å². The van der Waals surface area contributed by atoms with Crippen LogP contribution in [0.4, 0.5) is 5.69 Å². The lowest BCUT2D eigenvalue weighted by molar-refractivity contribution is 0.430. The molecule has 1 aromatic rings. The molecule has 3 nitrogen and oxygen atoms in total. The third-order valence-corrected chi connectivity index (χ3v) is 2.38. The van der Waals surface area contributed by atoms with Gasteiger partial charge in [0.15, 0.2) is 0 Å². The molecule has 1 atom stereocenters. The Labute approximate surface area is 78.3 Å². The van der Waals surface area contributed by atoms with Crippen LogP contribution in [0.2, 0.25) is 0 Å². The van der Waals surface area contributed by atoms with E-state index in [0.29, 0.717) is 6.04 Å². The van der Waals surface area contributed by atoms with Crippen molar-refractivity contribution in [3.05, 3.63) is 29.8 Å². The monoisotopic (exact) mass is 177 g/mol. The smallest absolute Gasteiger partial charge is 0.0447 e. The number of piperazine rings is 1. The van der Waals surface area contributed by atoms with Crippen molar-refractivity contribution in [2.24, 2.45) is 0 Å². The van der Waals surface area contributed by atoms with Crippen LogP contribution in [-0.4, -0.2) is 19.6 Å². The van der Waals surface area contributed by atoms with Gasteiger partial charge in [-0.3, -0.25) is 0 Å². The number of nitrogen functional groups attached to an aromatic ring is 1. The van der Waals surface area contributed by atoms with Crippen molar-refractivity contribution in [1.29, 1.82) is 0 Å². The topological polar surface area (TPSA) is 50.1 Å². The SMILES string of the molecule is Nc1ccc(C2CNCCN2)cc1. The molecule has 0 spiro atoms. The summed E-state index contributed by atoms with van der Waals surface area (Å²) >= 11 is 0. The van der Waals surface area contributed by atoms with E-state index in [4.69, 9.17) is 5.73 Å². The van der Waals surface area contributed by atoms with Gasteiger partial charge in [0, 0.05) is 31.4 Å². The first kappa shape index (κ1) is 8.53. The summed E-state index contributed by atoms with van der Waals surface area (Å²) in [5, 5.41) is 6.81. The highest BCUT2D eigenvalue weighted by atomic mass is 15.1. The van der Waals surface area contributed by atoms with Crippen LogP contribution in [0.3, 0.4) is 0 Å². The summed E-state index contributed by atoms with van der Waals surface area (Å²) in [6.07, 6.45) is 0. The number of rotatable bonds is 1. The Morgan fingerprint density at radius 3 is 2.54 bits per heavy atom. The van der Waals surface area contributed by atoms with Gasteiger partial charge in [-0.25, -0.2) is 0 Å². The summed E-state index contributed by atoms with van der Waals surface area (Å²) in [7, 11) is 0. The predicted molar refractivity (Wildman–Crippen MR) is 54.5 cm³/mol. The lowest BCUT2D eigenvalue weighted by Gasteiger charge is -2.24. The van der Waals surface area contributed by atoms with Gasteiger partial charge in [0.1, 0.15) is 0 Å². The molecule has 1 fully saturated rings. The maximum atomic E-state index is 5.62. The number of nitrogens with two attached hydrogens (primary N) is 1. The zero-order valence-corrected chi connectivity index (χ0v) is 7.59.